The van der Waals surface area contributed by atoms with Crippen LogP contribution in [0.4, 0.5) is 11.4 Å². The van der Waals surface area contributed by atoms with Crippen molar-refractivity contribution in [1.29, 1.82) is 0 Å². The third kappa shape index (κ3) is 2.58. The lowest BCUT2D eigenvalue weighted by atomic mass is 10.1. The molecule has 1 aromatic carbocycles. The van der Waals surface area contributed by atoms with E-state index in [0.29, 0.717) is 5.92 Å². The van der Waals surface area contributed by atoms with Crippen molar-refractivity contribution in [2.24, 2.45) is 5.92 Å². The van der Waals surface area contributed by atoms with E-state index in [2.05, 4.69) is 5.32 Å². The van der Waals surface area contributed by atoms with Gasteiger partial charge in [-0.1, -0.05) is 0 Å². The number of nitro groups is 1. The molecule has 0 aromatic heterocycles. The second-order valence-electron chi connectivity index (χ2n) is 4.63. The molecule has 0 saturated heterocycles. The van der Waals surface area contributed by atoms with Crippen LogP contribution in [-0.4, -0.2) is 16.9 Å². The fraction of sp³-hybridized carbons (Fsp3) is 0.417. The molecule has 0 spiro atoms. The number of non-ortho nitro benzene ring substituents is 1. The minimum atomic E-state index is -0.541. The molecule has 1 aliphatic carbocycles. The lowest BCUT2D eigenvalue weighted by Gasteiger charge is -2.13. The third-order valence-corrected chi connectivity index (χ3v) is 3.18. The van der Waals surface area contributed by atoms with Crippen LogP contribution in [0.3, 0.4) is 0 Å². The number of anilines is 1. The summed E-state index contributed by atoms with van der Waals surface area (Å²) in [4.78, 5) is 22.1. The molecule has 1 amide bonds. The summed E-state index contributed by atoms with van der Waals surface area (Å²) in [6, 6.07) is 3.96. The maximum Gasteiger partial charge on any atom is 0.270 e. The van der Waals surface area contributed by atoms with E-state index in [-0.39, 0.29) is 28.9 Å². The first-order chi connectivity index (χ1) is 8.49. The number of rotatable bonds is 4. The van der Waals surface area contributed by atoms with Crippen LogP contribution < -0.4 is 11.1 Å². The summed E-state index contributed by atoms with van der Waals surface area (Å²) in [5.41, 5.74) is 5.96. The number of nitrogens with one attached hydrogen (secondary N) is 1. The van der Waals surface area contributed by atoms with Crippen LogP contribution in [0.15, 0.2) is 18.2 Å². The van der Waals surface area contributed by atoms with Gasteiger partial charge < -0.3 is 11.1 Å². The number of nitrogens with zero attached hydrogens (tertiary/aromatic N) is 1. The summed E-state index contributed by atoms with van der Waals surface area (Å²) in [5, 5.41) is 13.5. The van der Waals surface area contributed by atoms with Gasteiger partial charge in [0.15, 0.2) is 0 Å². The summed E-state index contributed by atoms with van der Waals surface area (Å²) < 4.78 is 0. The smallest absolute Gasteiger partial charge is 0.270 e. The predicted octanol–water partition coefficient (Wildman–Crippen LogP) is 1.71. The van der Waals surface area contributed by atoms with Crippen molar-refractivity contribution in [2.75, 3.05) is 5.73 Å². The third-order valence-electron chi connectivity index (χ3n) is 3.18. The van der Waals surface area contributed by atoms with Crippen LogP contribution >= 0.6 is 0 Å². The second kappa shape index (κ2) is 4.64. The molecule has 0 heterocycles. The van der Waals surface area contributed by atoms with E-state index in [9.17, 15) is 14.9 Å². The second-order valence-corrected chi connectivity index (χ2v) is 4.63. The van der Waals surface area contributed by atoms with Crippen LogP contribution in [0.5, 0.6) is 0 Å². The number of carbonyl (C=O) groups excluding carboxylic acids is 1. The molecule has 0 bridgehead atoms. The van der Waals surface area contributed by atoms with Gasteiger partial charge in [-0.2, -0.15) is 0 Å². The quantitative estimate of drug-likeness (QED) is 0.482. The van der Waals surface area contributed by atoms with Crippen LogP contribution in [-0.2, 0) is 0 Å². The summed E-state index contributed by atoms with van der Waals surface area (Å²) in [6.07, 6.45) is 2.23. The van der Waals surface area contributed by atoms with Gasteiger partial charge in [0.05, 0.1) is 10.5 Å². The van der Waals surface area contributed by atoms with Crippen molar-refractivity contribution in [1.82, 2.24) is 5.32 Å². The van der Waals surface area contributed by atoms with Gasteiger partial charge in [-0.3, -0.25) is 14.9 Å². The number of hydrogen-bond acceptors (Lipinski definition) is 4. The topological polar surface area (TPSA) is 98.3 Å². The fourth-order valence-corrected chi connectivity index (χ4v) is 1.85. The molecule has 18 heavy (non-hydrogen) atoms. The molecule has 6 heteroatoms. The molecule has 1 saturated carbocycles. The summed E-state index contributed by atoms with van der Waals surface area (Å²) in [6.45, 7) is 1.93. The van der Waals surface area contributed by atoms with Crippen LogP contribution in [0.1, 0.15) is 30.1 Å². The molecule has 2 rings (SSSR count). The van der Waals surface area contributed by atoms with E-state index in [1.54, 1.807) is 0 Å². The maximum absolute atomic E-state index is 12.0. The number of nitro benzene ring substituents is 1. The molecule has 96 valence electrons. The zero-order valence-electron chi connectivity index (χ0n) is 10.1. The average Bonchev–Trinajstić information content (AvgIpc) is 3.12. The molecule has 0 aliphatic heterocycles. The highest BCUT2D eigenvalue weighted by Crippen LogP contribution is 2.32. The van der Waals surface area contributed by atoms with E-state index in [1.165, 1.54) is 18.2 Å². The molecule has 1 fully saturated rings. The zero-order chi connectivity index (χ0) is 13.3. The lowest BCUT2D eigenvalue weighted by molar-refractivity contribution is -0.384. The Morgan fingerprint density at radius 1 is 1.56 bits per heavy atom. The van der Waals surface area contributed by atoms with Crippen molar-refractivity contribution < 1.29 is 9.72 Å². The first-order valence-electron chi connectivity index (χ1n) is 5.84. The zero-order valence-corrected chi connectivity index (χ0v) is 10.1. The van der Waals surface area contributed by atoms with Crippen LogP contribution in [0, 0.1) is 16.0 Å². The maximum atomic E-state index is 12.0. The Morgan fingerprint density at radius 2 is 2.22 bits per heavy atom. The average molecular weight is 249 g/mol. The van der Waals surface area contributed by atoms with E-state index in [1.807, 2.05) is 6.92 Å². The van der Waals surface area contributed by atoms with E-state index in [4.69, 9.17) is 5.73 Å². The largest absolute Gasteiger partial charge is 0.398 e. The Morgan fingerprint density at radius 3 is 2.78 bits per heavy atom. The molecular formula is C12H15N3O3. The van der Waals surface area contributed by atoms with E-state index in [0.717, 1.165) is 12.8 Å². The Labute approximate surface area is 104 Å². The highest BCUT2D eigenvalue weighted by Gasteiger charge is 2.29. The van der Waals surface area contributed by atoms with Gasteiger partial charge in [-0.05, 0) is 31.7 Å². The Balaban J connectivity index is 2.17. The first kappa shape index (κ1) is 12.3. The van der Waals surface area contributed by atoms with Gasteiger partial charge in [0.25, 0.3) is 11.6 Å². The number of benzene rings is 1. The number of nitrogen functional groups attached to an aromatic ring is 1. The molecule has 6 nitrogen and oxygen atoms in total. The normalized spacial score (nSPS) is 16.1. The van der Waals surface area contributed by atoms with Gasteiger partial charge in [-0.15, -0.1) is 0 Å². The van der Waals surface area contributed by atoms with Gasteiger partial charge >= 0.3 is 0 Å². The lowest BCUT2D eigenvalue weighted by Crippen LogP contribution is -2.34. The molecule has 1 unspecified atom stereocenters. The SMILES string of the molecule is CC(NC(=O)c1cc([N+](=O)[O-])ccc1N)C1CC1. The highest BCUT2D eigenvalue weighted by molar-refractivity contribution is 5.99. The fourth-order valence-electron chi connectivity index (χ4n) is 1.85. The monoisotopic (exact) mass is 249 g/mol. The van der Waals surface area contributed by atoms with Crippen LogP contribution in [0.2, 0.25) is 0 Å². The van der Waals surface area contributed by atoms with Crippen molar-refractivity contribution in [2.45, 2.75) is 25.8 Å². The molecule has 1 aliphatic rings. The standard InChI is InChI=1S/C12H15N3O3/c1-7(8-2-3-8)14-12(16)10-6-9(15(17)18)4-5-11(10)13/h4-8H,2-3,13H2,1H3,(H,14,16). The van der Waals surface area contributed by atoms with Crippen molar-refractivity contribution in [3.8, 4) is 0 Å². The molecule has 0 radical (unpaired) electrons. The molecule has 3 N–H and O–H groups in total. The number of nitrogens with two attached hydrogens (primary N) is 1. The van der Waals surface area contributed by atoms with Gasteiger partial charge in [0.1, 0.15) is 0 Å². The summed E-state index contributed by atoms with van der Waals surface area (Å²) >= 11 is 0. The molecule has 1 atom stereocenters. The molecule has 1 aromatic rings. The Bertz CT molecular complexity index is 497. The Hall–Kier alpha value is -2.11. The Kier molecular flexibility index (Phi) is 3.18. The molecular weight excluding hydrogens is 234 g/mol. The number of carbonyl (C=O) groups is 1. The van der Waals surface area contributed by atoms with Gasteiger partial charge in [-0.25, -0.2) is 0 Å². The summed E-state index contributed by atoms with van der Waals surface area (Å²) in [7, 11) is 0. The minimum Gasteiger partial charge on any atom is -0.398 e. The highest BCUT2D eigenvalue weighted by atomic mass is 16.6. The van der Waals surface area contributed by atoms with E-state index >= 15 is 0 Å². The predicted molar refractivity (Wildman–Crippen MR) is 67.2 cm³/mol. The van der Waals surface area contributed by atoms with Crippen molar-refractivity contribution in [3.63, 3.8) is 0 Å². The first-order valence-corrected chi connectivity index (χ1v) is 5.84. The summed E-state index contributed by atoms with van der Waals surface area (Å²) in [5.74, 6) is 0.171. The minimum absolute atomic E-state index is 0.0798. The number of amides is 1. The van der Waals surface area contributed by atoms with Crippen molar-refractivity contribution >= 4 is 17.3 Å². The van der Waals surface area contributed by atoms with Gasteiger partial charge in [0.2, 0.25) is 0 Å². The van der Waals surface area contributed by atoms with Crippen LogP contribution in [0.25, 0.3) is 0 Å². The van der Waals surface area contributed by atoms with Crippen molar-refractivity contribution in [3.05, 3.63) is 33.9 Å². The van der Waals surface area contributed by atoms with E-state index < -0.39 is 4.92 Å². The number of hydrogen-bond donors (Lipinski definition) is 2. The van der Waals surface area contributed by atoms with Gasteiger partial charge in [0, 0.05) is 23.9 Å².